The second-order valence-corrected chi connectivity index (χ2v) is 4.86. The Morgan fingerprint density at radius 3 is 2.93 bits per heavy atom. The fraction of sp³-hybridized carbons (Fsp3) is 0.500. The SMILES string of the molecule is COc1ccccc1SCCNC1CC1. The van der Waals surface area contributed by atoms with E-state index in [4.69, 9.17) is 4.74 Å². The van der Waals surface area contributed by atoms with E-state index in [1.165, 1.54) is 17.7 Å². The molecule has 0 unspecified atom stereocenters. The van der Waals surface area contributed by atoms with Crippen LogP contribution in [0.2, 0.25) is 0 Å². The monoisotopic (exact) mass is 223 g/mol. The Morgan fingerprint density at radius 2 is 2.20 bits per heavy atom. The van der Waals surface area contributed by atoms with Crippen molar-refractivity contribution in [2.24, 2.45) is 0 Å². The zero-order valence-corrected chi connectivity index (χ0v) is 9.85. The number of rotatable bonds is 6. The lowest BCUT2D eigenvalue weighted by Crippen LogP contribution is -2.19. The Labute approximate surface area is 95.4 Å². The molecule has 1 saturated carbocycles. The molecule has 3 heteroatoms. The molecule has 1 fully saturated rings. The van der Waals surface area contributed by atoms with Gasteiger partial charge < -0.3 is 10.1 Å². The Balaban J connectivity index is 1.75. The first-order valence-electron chi connectivity index (χ1n) is 5.39. The molecule has 0 aliphatic heterocycles. The summed E-state index contributed by atoms with van der Waals surface area (Å²) in [7, 11) is 1.72. The minimum absolute atomic E-state index is 0.809. The van der Waals surface area contributed by atoms with Crippen molar-refractivity contribution >= 4 is 11.8 Å². The van der Waals surface area contributed by atoms with Crippen LogP contribution in [0.5, 0.6) is 5.75 Å². The first-order chi connectivity index (χ1) is 7.40. The van der Waals surface area contributed by atoms with Gasteiger partial charge in [0, 0.05) is 23.2 Å². The highest BCUT2D eigenvalue weighted by atomic mass is 32.2. The van der Waals surface area contributed by atoms with Crippen LogP contribution in [-0.2, 0) is 0 Å². The molecule has 0 bridgehead atoms. The van der Waals surface area contributed by atoms with Crippen LogP contribution >= 0.6 is 11.8 Å². The Hall–Kier alpha value is -0.670. The lowest BCUT2D eigenvalue weighted by Gasteiger charge is -2.07. The van der Waals surface area contributed by atoms with Crippen molar-refractivity contribution in [3.63, 3.8) is 0 Å². The number of ether oxygens (including phenoxy) is 1. The molecule has 2 nitrogen and oxygen atoms in total. The summed E-state index contributed by atoms with van der Waals surface area (Å²) in [5.74, 6) is 2.09. The van der Waals surface area contributed by atoms with Crippen molar-refractivity contribution in [2.45, 2.75) is 23.8 Å². The topological polar surface area (TPSA) is 21.3 Å². The van der Waals surface area contributed by atoms with Crippen LogP contribution in [0.1, 0.15) is 12.8 Å². The van der Waals surface area contributed by atoms with Crippen molar-refractivity contribution in [2.75, 3.05) is 19.4 Å². The van der Waals surface area contributed by atoms with E-state index >= 15 is 0 Å². The molecule has 0 spiro atoms. The molecule has 0 saturated heterocycles. The summed E-state index contributed by atoms with van der Waals surface area (Å²) in [5, 5.41) is 3.50. The van der Waals surface area contributed by atoms with Crippen LogP contribution in [0.4, 0.5) is 0 Å². The van der Waals surface area contributed by atoms with Crippen molar-refractivity contribution in [1.29, 1.82) is 0 Å². The van der Waals surface area contributed by atoms with Gasteiger partial charge in [0.2, 0.25) is 0 Å². The predicted molar refractivity (Wildman–Crippen MR) is 64.7 cm³/mol. The van der Waals surface area contributed by atoms with Gasteiger partial charge in [0.15, 0.2) is 0 Å². The number of hydrogen-bond donors (Lipinski definition) is 1. The van der Waals surface area contributed by atoms with Gasteiger partial charge in [-0.2, -0.15) is 0 Å². The van der Waals surface area contributed by atoms with Gasteiger partial charge in [0.25, 0.3) is 0 Å². The summed E-state index contributed by atoms with van der Waals surface area (Å²) >= 11 is 1.85. The van der Waals surface area contributed by atoms with Gasteiger partial charge in [-0.15, -0.1) is 11.8 Å². The van der Waals surface area contributed by atoms with E-state index < -0.39 is 0 Å². The number of para-hydroxylation sites is 1. The maximum absolute atomic E-state index is 5.29. The number of methoxy groups -OCH3 is 1. The summed E-state index contributed by atoms with van der Waals surface area (Å²) in [6.45, 7) is 1.09. The van der Waals surface area contributed by atoms with Crippen LogP contribution in [0.25, 0.3) is 0 Å². The fourth-order valence-electron chi connectivity index (χ4n) is 1.45. The van der Waals surface area contributed by atoms with Gasteiger partial charge in [0.1, 0.15) is 5.75 Å². The van der Waals surface area contributed by atoms with E-state index in [2.05, 4.69) is 17.4 Å². The molecule has 1 aromatic carbocycles. The van der Waals surface area contributed by atoms with E-state index in [0.29, 0.717) is 0 Å². The molecular weight excluding hydrogens is 206 g/mol. The largest absolute Gasteiger partial charge is 0.496 e. The van der Waals surface area contributed by atoms with E-state index in [1.807, 2.05) is 23.9 Å². The summed E-state index contributed by atoms with van der Waals surface area (Å²) < 4.78 is 5.29. The van der Waals surface area contributed by atoms with Crippen LogP contribution < -0.4 is 10.1 Å². The quantitative estimate of drug-likeness (QED) is 0.591. The third-order valence-corrected chi connectivity index (χ3v) is 3.50. The molecule has 0 amide bonds. The zero-order valence-electron chi connectivity index (χ0n) is 9.03. The zero-order chi connectivity index (χ0) is 10.5. The fourth-order valence-corrected chi connectivity index (χ4v) is 2.36. The molecule has 2 rings (SSSR count). The normalized spacial score (nSPS) is 15.3. The lowest BCUT2D eigenvalue weighted by molar-refractivity contribution is 0.405. The molecule has 0 aromatic heterocycles. The number of benzene rings is 1. The van der Waals surface area contributed by atoms with Crippen LogP contribution in [-0.4, -0.2) is 25.4 Å². The van der Waals surface area contributed by atoms with Gasteiger partial charge >= 0.3 is 0 Å². The average molecular weight is 223 g/mol. The van der Waals surface area contributed by atoms with Gasteiger partial charge in [0.05, 0.1) is 7.11 Å². The first-order valence-corrected chi connectivity index (χ1v) is 6.38. The number of hydrogen-bond acceptors (Lipinski definition) is 3. The predicted octanol–water partition coefficient (Wildman–Crippen LogP) is 2.54. The van der Waals surface area contributed by atoms with Gasteiger partial charge in [-0.3, -0.25) is 0 Å². The lowest BCUT2D eigenvalue weighted by atomic mass is 10.3. The third kappa shape index (κ3) is 3.43. The smallest absolute Gasteiger partial charge is 0.132 e. The third-order valence-electron chi connectivity index (χ3n) is 2.44. The molecule has 0 radical (unpaired) electrons. The molecule has 1 aliphatic rings. The summed E-state index contributed by atoms with van der Waals surface area (Å²) in [6.07, 6.45) is 2.72. The molecular formula is C12H17NOS. The van der Waals surface area contributed by atoms with Crippen LogP contribution in [0.15, 0.2) is 29.2 Å². The van der Waals surface area contributed by atoms with Crippen molar-refractivity contribution in [3.05, 3.63) is 24.3 Å². The number of thioether (sulfide) groups is 1. The van der Waals surface area contributed by atoms with E-state index in [1.54, 1.807) is 7.11 Å². The highest BCUT2D eigenvalue weighted by Crippen LogP contribution is 2.28. The first kappa shape index (κ1) is 10.8. The maximum Gasteiger partial charge on any atom is 0.132 e. The number of nitrogens with one attached hydrogen (secondary N) is 1. The van der Waals surface area contributed by atoms with Crippen LogP contribution in [0.3, 0.4) is 0 Å². The van der Waals surface area contributed by atoms with Crippen molar-refractivity contribution in [3.8, 4) is 5.75 Å². The maximum atomic E-state index is 5.29. The highest BCUT2D eigenvalue weighted by molar-refractivity contribution is 7.99. The molecule has 0 heterocycles. The Bertz CT molecular complexity index is 312. The molecule has 15 heavy (non-hydrogen) atoms. The minimum atomic E-state index is 0.809. The minimum Gasteiger partial charge on any atom is -0.496 e. The second kappa shape index (κ2) is 5.42. The van der Waals surface area contributed by atoms with Gasteiger partial charge in [-0.25, -0.2) is 0 Å². The summed E-state index contributed by atoms with van der Waals surface area (Å²) in [5.41, 5.74) is 0. The Kier molecular flexibility index (Phi) is 3.92. The van der Waals surface area contributed by atoms with Crippen LogP contribution in [0, 0.1) is 0 Å². The van der Waals surface area contributed by atoms with E-state index in [-0.39, 0.29) is 0 Å². The standard InChI is InChI=1S/C12H17NOS/c1-14-11-4-2-3-5-12(11)15-9-8-13-10-6-7-10/h2-5,10,13H,6-9H2,1H3. The summed E-state index contributed by atoms with van der Waals surface area (Å²) in [4.78, 5) is 1.23. The Morgan fingerprint density at radius 1 is 1.40 bits per heavy atom. The summed E-state index contributed by atoms with van der Waals surface area (Å²) in [6, 6.07) is 8.99. The molecule has 82 valence electrons. The highest BCUT2D eigenvalue weighted by Gasteiger charge is 2.19. The second-order valence-electron chi connectivity index (χ2n) is 3.73. The molecule has 1 aromatic rings. The molecule has 1 aliphatic carbocycles. The van der Waals surface area contributed by atoms with Gasteiger partial charge in [-0.05, 0) is 25.0 Å². The molecule has 1 N–H and O–H groups in total. The van der Waals surface area contributed by atoms with Gasteiger partial charge in [-0.1, -0.05) is 12.1 Å². The van der Waals surface area contributed by atoms with E-state index in [0.717, 1.165) is 24.1 Å². The molecule has 0 atom stereocenters. The average Bonchev–Trinajstić information content (AvgIpc) is 3.09. The van der Waals surface area contributed by atoms with Crippen molar-refractivity contribution < 1.29 is 4.74 Å². The van der Waals surface area contributed by atoms with E-state index in [9.17, 15) is 0 Å². The van der Waals surface area contributed by atoms with Crippen molar-refractivity contribution in [1.82, 2.24) is 5.32 Å².